The van der Waals surface area contributed by atoms with Crippen LogP contribution in [0.3, 0.4) is 0 Å². The van der Waals surface area contributed by atoms with E-state index >= 15 is 0 Å². The molecule has 70 heavy (non-hydrogen) atoms. The molecule has 14 rings (SSSR count). The maximum absolute atomic E-state index is 2.44. The molecular weight excluding hydrogens is 841 g/mol. The molecule has 14 aromatic carbocycles. The number of hydrogen-bond acceptors (Lipinski definition) is 0. The van der Waals surface area contributed by atoms with Crippen LogP contribution in [0.2, 0.25) is 0 Å². The van der Waals surface area contributed by atoms with E-state index in [0.717, 1.165) is 0 Å². The zero-order valence-electron chi connectivity index (χ0n) is 39.5. The summed E-state index contributed by atoms with van der Waals surface area (Å²) in [7, 11) is 0. The minimum absolute atomic E-state index is 0.0974. The Hall–Kier alpha value is -8.58. The van der Waals surface area contributed by atoms with Crippen molar-refractivity contribution in [3.05, 3.63) is 242 Å². The van der Waals surface area contributed by atoms with E-state index in [0.29, 0.717) is 0 Å². The third-order valence-electron chi connectivity index (χ3n) is 15.3. The van der Waals surface area contributed by atoms with Gasteiger partial charge in [0.15, 0.2) is 0 Å². The fourth-order valence-electron chi connectivity index (χ4n) is 12.0. The zero-order chi connectivity index (χ0) is 46.7. The van der Waals surface area contributed by atoms with E-state index in [2.05, 4.69) is 257 Å². The SMILES string of the molecule is CC(C)(C)c1ccc2cc(-c3c4ccccc4c(-c4ccc5ccc(-c6c7ccccc7c(-c7ccc8c9ccccc9c9ccccc9c8c7)c7ccccc67)cc5c4)c4ccccc34)ccc2c1. The highest BCUT2D eigenvalue weighted by Crippen LogP contribution is 2.48. The van der Waals surface area contributed by atoms with Crippen LogP contribution in [0.1, 0.15) is 26.3 Å². The average Bonchev–Trinajstić information content (AvgIpc) is 3.40. The molecule has 0 nitrogen and oxygen atoms in total. The molecule has 0 N–H and O–H groups in total. The quantitative estimate of drug-likeness (QED) is 0.122. The van der Waals surface area contributed by atoms with Crippen molar-refractivity contribution in [2.45, 2.75) is 26.2 Å². The topological polar surface area (TPSA) is 0 Å². The van der Waals surface area contributed by atoms with Gasteiger partial charge in [0.2, 0.25) is 0 Å². The molecule has 0 heteroatoms. The van der Waals surface area contributed by atoms with E-state index < -0.39 is 0 Å². The fraction of sp³-hybridized carbons (Fsp3) is 0.0571. The molecule has 0 amide bonds. The van der Waals surface area contributed by atoms with Crippen molar-refractivity contribution < 1.29 is 0 Å². The summed E-state index contributed by atoms with van der Waals surface area (Å²) in [5.74, 6) is 0. The van der Waals surface area contributed by atoms with Crippen LogP contribution in [0.15, 0.2) is 237 Å². The summed E-state index contributed by atoms with van der Waals surface area (Å²) in [5, 5.41) is 22.8. The Kier molecular flexibility index (Phi) is 8.95. The monoisotopic (exact) mass is 888 g/mol. The van der Waals surface area contributed by atoms with Crippen molar-refractivity contribution in [3.8, 4) is 44.5 Å². The number of fused-ring (bicyclic) bond motifs is 12. The van der Waals surface area contributed by atoms with Gasteiger partial charge < -0.3 is 0 Å². The fourth-order valence-corrected chi connectivity index (χ4v) is 12.0. The first-order chi connectivity index (χ1) is 34.4. The van der Waals surface area contributed by atoms with Crippen molar-refractivity contribution in [2.75, 3.05) is 0 Å². The lowest BCUT2D eigenvalue weighted by atomic mass is 9.83. The Morgan fingerprint density at radius 2 is 0.471 bits per heavy atom. The van der Waals surface area contributed by atoms with Crippen LogP contribution in [-0.4, -0.2) is 0 Å². The molecule has 0 saturated heterocycles. The van der Waals surface area contributed by atoms with Crippen molar-refractivity contribution in [1.29, 1.82) is 0 Å². The Bertz CT molecular complexity index is 4350. The van der Waals surface area contributed by atoms with Crippen LogP contribution in [0.4, 0.5) is 0 Å². The van der Waals surface area contributed by atoms with Gasteiger partial charge in [-0.05, 0) is 177 Å². The van der Waals surface area contributed by atoms with Crippen molar-refractivity contribution in [1.82, 2.24) is 0 Å². The minimum Gasteiger partial charge on any atom is -0.0616 e. The Labute approximate surface area is 407 Å². The van der Waals surface area contributed by atoms with E-state index in [1.165, 1.54) is 147 Å². The summed E-state index contributed by atoms with van der Waals surface area (Å²) in [6.07, 6.45) is 0. The van der Waals surface area contributed by atoms with Gasteiger partial charge in [0, 0.05) is 0 Å². The van der Waals surface area contributed by atoms with E-state index in [1.807, 2.05) is 0 Å². The lowest BCUT2D eigenvalue weighted by Gasteiger charge is -2.20. The predicted molar refractivity (Wildman–Crippen MR) is 304 cm³/mol. The highest BCUT2D eigenvalue weighted by molar-refractivity contribution is 6.28. The Morgan fingerprint density at radius 3 is 0.857 bits per heavy atom. The Balaban J connectivity index is 0.946. The second kappa shape index (κ2) is 15.5. The summed E-state index contributed by atoms with van der Waals surface area (Å²) >= 11 is 0. The average molecular weight is 889 g/mol. The molecule has 0 atom stereocenters. The summed E-state index contributed by atoms with van der Waals surface area (Å²) in [5.41, 5.74) is 11.5. The van der Waals surface area contributed by atoms with Gasteiger partial charge in [-0.1, -0.05) is 233 Å². The van der Waals surface area contributed by atoms with Gasteiger partial charge in [-0.25, -0.2) is 0 Å². The van der Waals surface area contributed by atoms with Crippen molar-refractivity contribution in [3.63, 3.8) is 0 Å². The maximum atomic E-state index is 2.44. The summed E-state index contributed by atoms with van der Waals surface area (Å²) < 4.78 is 0. The molecular formula is C70H48. The van der Waals surface area contributed by atoms with Crippen molar-refractivity contribution >= 4 is 97.0 Å². The van der Waals surface area contributed by atoms with E-state index in [9.17, 15) is 0 Å². The number of rotatable bonds is 4. The molecule has 0 aliphatic rings. The molecule has 0 aliphatic heterocycles. The van der Waals surface area contributed by atoms with Crippen LogP contribution in [0, 0.1) is 0 Å². The van der Waals surface area contributed by atoms with E-state index in [-0.39, 0.29) is 5.41 Å². The normalized spacial score (nSPS) is 12.2. The second-order valence-corrected chi connectivity index (χ2v) is 20.3. The molecule has 0 spiro atoms. The largest absolute Gasteiger partial charge is 0.0616 e. The number of hydrogen-bond donors (Lipinski definition) is 0. The van der Waals surface area contributed by atoms with Gasteiger partial charge in [-0.2, -0.15) is 0 Å². The van der Waals surface area contributed by atoms with Crippen molar-refractivity contribution in [2.24, 2.45) is 0 Å². The van der Waals surface area contributed by atoms with Gasteiger partial charge in [0.05, 0.1) is 0 Å². The van der Waals surface area contributed by atoms with Gasteiger partial charge in [0.1, 0.15) is 0 Å². The number of benzene rings is 14. The predicted octanol–water partition coefficient (Wildman–Crippen LogP) is 20.0. The first kappa shape index (κ1) is 40.5. The molecule has 0 heterocycles. The van der Waals surface area contributed by atoms with Crippen LogP contribution < -0.4 is 0 Å². The summed E-state index contributed by atoms with van der Waals surface area (Å²) in [6.45, 7) is 6.86. The molecule has 0 aliphatic carbocycles. The highest BCUT2D eigenvalue weighted by Gasteiger charge is 2.21. The molecule has 0 unspecified atom stereocenters. The molecule has 0 fully saturated rings. The molecule has 0 radical (unpaired) electrons. The second-order valence-electron chi connectivity index (χ2n) is 20.3. The van der Waals surface area contributed by atoms with Gasteiger partial charge >= 0.3 is 0 Å². The first-order valence-electron chi connectivity index (χ1n) is 24.7. The smallest absolute Gasteiger partial charge is 0.00261 e. The van der Waals surface area contributed by atoms with Crippen LogP contribution in [0.25, 0.3) is 141 Å². The van der Waals surface area contributed by atoms with Crippen LogP contribution >= 0.6 is 0 Å². The first-order valence-corrected chi connectivity index (χ1v) is 24.7. The third kappa shape index (κ3) is 6.23. The molecule has 0 saturated carbocycles. The molecule has 0 bridgehead atoms. The summed E-state index contributed by atoms with van der Waals surface area (Å²) in [4.78, 5) is 0. The van der Waals surface area contributed by atoms with E-state index in [4.69, 9.17) is 0 Å². The molecule has 14 aromatic rings. The third-order valence-corrected chi connectivity index (χ3v) is 15.3. The summed E-state index contributed by atoms with van der Waals surface area (Å²) in [6, 6.07) is 89.1. The van der Waals surface area contributed by atoms with Gasteiger partial charge in [0.25, 0.3) is 0 Å². The zero-order valence-corrected chi connectivity index (χ0v) is 39.5. The van der Waals surface area contributed by atoms with Gasteiger partial charge in [-0.3, -0.25) is 0 Å². The molecule has 0 aromatic heterocycles. The van der Waals surface area contributed by atoms with Crippen LogP contribution in [0.5, 0.6) is 0 Å². The van der Waals surface area contributed by atoms with Crippen LogP contribution in [-0.2, 0) is 5.41 Å². The minimum atomic E-state index is 0.0974. The lowest BCUT2D eigenvalue weighted by molar-refractivity contribution is 0.591. The standard InChI is InChI=1S/C70H48/c1-70(2,3)51-36-34-44-38-46(33-30-45(44)41-51)66-57-20-8-10-22-59(57)67(60-23-11-9-21-58(60)66)47-31-28-43-29-32-48(40-50(43)39-47)68-61-24-12-14-26-63(61)69(64-27-15-13-25-62(64)68)49-35-37-56-54-18-5-4-16-52(54)53-17-6-7-19-55(53)65(56)42-49/h4-42H,1-3H3. The highest BCUT2D eigenvalue weighted by atomic mass is 14.2. The molecule has 328 valence electrons. The van der Waals surface area contributed by atoms with E-state index in [1.54, 1.807) is 0 Å². The Morgan fingerprint density at radius 1 is 0.200 bits per heavy atom. The van der Waals surface area contributed by atoms with Gasteiger partial charge in [-0.15, -0.1) is 0 Å². The lowest BCUT2D eigenvalue weighted by Crippen LogP contribution is -2.10. The maximum Gasteiger partial charge on any atom is -0.00261 e.